The second-order valence-corrected chi connectivity index (χ2v) is 0. The predicted molar refractivity (Wildman–Crippen MR) is 6.41 cm³/mol. The molecule has 1 radical (unpaired) electrons. The SMILES string of the molecule is [CH3-].[Cr].[Mn].[Mo]. The topological polar surface area (TPSA) is 0 Å². The third-order valence-corrected chi connectivity index (χ3v) is 0. The van der Waals surface area contributed by atoms with Crippen molar-refractivity contribution in [2.24, 2.45) is 0 Å². The van der Waals surface area contributed by atoms with Crippen LogP contribution in [0.2, 0.25) is 0 Å². The van der Waals surface area contributed by atoms with E-state index >= 15 is 0 Å². The van der Waals surface area contributed by atoms with Gasteiger partial charge in [-0.25, -0.2) is 0 Å². The van der Waals surface area contributed by atoms with Crippen molar-refractivity contribution >= 4 is 0 Å². The Morgan fingerprint density at radius 2 is 1.00 bits per heavy atom. The van der Waals surface area contributed by atoms with Crippen molar-refractivity contribution in [1.82, 2.24) is 0 Å². The van der Waals surface area contributed by atoms with E-state index in [1.165, 1.54) is 0 Å². The van der Waals surface area contributed by atoms with Gasteiger partial charge < -0.3 is 7.43 Å². The smallest absolute Gasteiger partial charge is 0 e. The van der Waals surface area contributed by atoms with E-state index in [4.69, 9.17) is 0 Å². The van der Waals surface area contributed by atoms with E-state index in [2.05, 4.69) is 0 Å². The summed E-state index contributed by atoms with van der Waals surface area (Å²) in [6, 6.07) is 0. The Balaban J connectivity index is 0. The quantitative estimate of drug-likeness (QED) is 0.408. The molecule has 0 fully saturated rings. The van der Waals surface area contributed by atoms with Gasteiger partial charge in [-0.05, 0) is 0 Å². The van der Waals surface area contributed by atoms with Gasteiger partial charge in [-0.2, -0.15) is 0 Å². The van der Waals surface area contributed by atoms with Gasteiger partial charge in [-0.15, -0.1) is 0 Å². The molecule has 0 aromatic carbocycles. The fourth-order valence-corrected chi connectivity index (χ4v) is 0. The standard InChI is InChI=1S/CH3.Cr.Mn.Mo/h1H3;;;/q-1;;;. The van der Waals surface area contributed by atoms with Gasteiger partial charge in [-0.1, -0.05) is 0 Å². The monoisotopic (exact) mass is 220 g/mol. The van der Waals surface area contributed by atoms with Crippen LogP contribution in [0, 0.1) is 7.43 Å². The first-order chi connectivity index (χ1) is 0. The summed E-state index contributed by atoms with van der Waals surface area (Å²) in [5, 5.41) is 0. The van der Waals surface area contributed by atoms with E-state index in [0.29, 0.717) is 0 Å². The summed E-state index contributed by atoms with van der Waals surface area (Å²) in [4.78, 5) is 0. The van der Waals surface area contributed by atoms with Crippen LogP contribution in [0.25, 0.3) is 0 Å². The minimum Gasteiger partial charge on any atom is -0.358 e. The Morgan fingerprint density at radius 3 is 1.00 bits per heavy atom. The number of rotatable bonds is 0. The van der Waals surface area contributed by atoms with Gasteiger partial charge in [0.2, 0.25) is 0 Å². The first-order valence-electron chi connectivity index (χ1n) is 0. The summed E-state index contributed by atoms with van der Waals surface area (Å²) in [5.41, 5.74) is 0. The zero-order valence-electron chi connectivity index (χ0n) is 2.19. The molecule has 0 atom stereocenters. The van der Waals surface area contributed by atoms with Gasteiger partial charge in [-0.3, -0.25) is 0 Å². The minimum absolute atomic E-state index is 0. The van der Waals surface area contributed by atoms with E-state index in [1.807, 2.05) is 0 Å². The van der Waals surface area contributed by atoms with Crippen LogP contribution in [0.15, 0.2) is 0 Å². The van der Waals surface area contributed by atoms with Crippen molar-refractivity contribution in [3.63, 3.8) is 0 Å². The Bertz CT molecular complexity index is 8.00. The molecule has 0 nitrogen and oxygen atoms in total. The second-order valence-electron chi connectivity index (χ2n) is 0. The van der Waals surface area contributed by atoms with Gasteiger partial charge in [0.25, 0.3) is 0 Å². The van der Waals surface area contributed by atoms with E-state index in [9.17, 15) is 0 Å². The maximum absolute atomic E-state index is 0. The first kappa shape index (κ1) is 42.6. The van der Waals surface area contributed by atoms with E-state index in [1.54, 1.807) is 0 Å². The molecular weight excluding hydrogens is 215 g/mol. The van der Waals surface area contributed by atoms with Crippen LogP contribution in [0.5, 0.6) is 0 Å². The Labute approximate surface area is 62.6 Å². The fraction of sp³-hybridized carbons (Fsp3) is 0. The maximum Gasteiger partial charge on any atom is 0 e. The van der Waals surface area contributed by atoms with Gasteiger partial charge in [0.15, 0.2) is 0 Å². The average molecular weight is 218 g/mol. The molecule has 0 saturated heterocycles. The molecule has 0 spiro atoms. The summed E-state index contributed by atoms with van der Waals surface area (Å²) in [6.45, 7) is 0. The molecule has 0 unspecified atom stereocenters. The van der Waals surface area contributed by atoms with Gasteiger partial charge in [0.1, 0.15) is 0 Å². The molecule has 0 aliphatic rings. The largest absolute Gasteiger partial charge is 0.358 e. The molecule has 0 bridgehead atoms. The summed E-state index contributed by atoms with van der Waals surface area (Å²) in [5.74, 6) is 0. The molecule has 4 heavy (non-hydrogen) atoms. The van der Waals surface area contributed by atoms with Crippen LogP contribution < -0.4 is 0 Å². The van der Waals surface area contributed by atoms with Crippen molar-refractivity contribution in [3.8, 4) is 0 Å². The Morgan fingerprint density at radius 1 is 1.00 bits per heavy atom. The Kier molecular flexibility index (Phi) is 233. The van der Waals surface area contributed by atoms with Crippen LogP contribution in [-0.2, 0) is 55.5 Å². The van der Waals surface area contributed by atoms with Crippen molar-refractivity contribution in [2.75, 3.05) is 0 Å². The van der Waals surface area contributed by atoms with Gasteiger partial charge in [0, 0.05) is 55.5 Å². The van der Waals surface area contributed by atoms with Crippen molar-refractivity contribution < 1.29 is 55.5 Å². The van der Waals surface area contributed by atoms with Crippen LogP contribution >= 0.6 is 0 Å². The molecular formula is CH3CrMnMo-. The third kappa shape index (κ3) is 9.27. The molecule has 0 aliphatic carbocycles. The summed E-state index contributed by atoms with van der Waals surface area (Å²) >= 11 is 0. The molecule has 0 amide bonds. The van der Waals surface area contributed by atoms with Crippen LogP contribution in [0.1, 0.15) is 0 Å². The number of hydrogen-bond donors (Lipinski definition) is 0. The molecule has 3 heteroatoms. The third-order valence-electron chi connectivity index (χ3n) is 0. The molecule has 0 saturated carbocycles. The average Bonchev–Trinajstić information content (AvgIpc) is 0. The number of hydrogen-bond acceptors (Lipinski definition) is 0. The first-order valence-corrected chi connectivity index (χ1v) is 0. The molecule has 27 valence electrons. The van der Waals surface area contributed by atoms with Crippen molar-refractivity contribution in [2.45, 2.75) is 0 Å². The molecule has 0 heterocycles. The van der Waals surface area contributed by atoms with E-state index < -0.39 is 0 Å². The zero-order chi connectivity index (χ0) is 0. The van der Waals surface area contributed by atoms with E-state index in [-0.39, 0.29) is 62.9 Å². The molecule has 0 aromatic rings. The van der Waals surface area contributed by atoms with Crippen LogP contribution in [0.4, 0.5) is 0 Å². The summed E-state index contributed by atoms with van der Waals surface area (Å²) in [6.07, 6.45) is 0. The molecule has 0 aliphatic heterocycles. The minimum atomic E-state index is 0. The summed E-state index contributed by atoms with van der Waals surface area (Å²) < 4.78 is 0. The summed E-state index contributed by atoms with van der Waals surface area (Å²) in [7, 11) is 0. The normalized spacial score (nSPS) is 0. The predicted octanol–water partition coefficient (Wildman–Crippen LogP) is 0.443. The fourth-order valence-electron chi connectivity index (χ4n) is 0. The van der Waals surface area contributed by atoms with Gasteiger partial charge >= 0.3 is 0 Å². The molecule has 0 rings (SSSR count). The van der Waals surface area contributed by atoms with Crippen molar-refractivity contribution in [3.05, 3.63) is 7.43 Å². The van der Waals surface area contributed by atoms with Crippen LogP contribution in [0.3, 0.4) is 0 Å². The molecule has 0 N–H and O–H groups in total. The Hall–Kier alpha value is 1.74. The van der Waals surface area contributed by atoms with Gasteiger partial charge in [0.05, 0.1) is 0 Å². The second kappa shape index (κ2) is 21.9. The van der Waals surface area contributed by atoms with Crippen LogP contribution in [-0.4, -0.2) is 0 Å². The maximum atomic E-state index is 0. The zero-order valence-corrected chi connectivity index (χ0v) is 6.66. The molecule has 0 aromatic heterocycles. The van der Waals surface area contributed by atoms with E-state index in [0.717, 1.165) is 0 Å². The van der Waals surface area contributed by atoms with Crippen molar-refractivity contribution in [1.29, 1.82) is 0 Å².